The van der Waals surface area contributed by atoms with Crippen molar-refractivity contribution < 1.29 is 18.0 Å². The summed E-state index contributed by atoms with van der Waals surface area (Å²) in [4.78, 5) is 26.6. The van der Waals surface area contributed by atoms with Gasteiger partial charge >= 0.3 is 0 Å². The summed E-state index contributed by atoms with van der Waals surface area (Å²) in [6.07, 6.45) is 2.73. The third-order valence-corrected chi connectivity index (χ3v) is 7.93. The zero-order valence-corrected chi connectivity index (χ0v) is 21.6. The van der Waals surface area contributed by atoms with Crippen LogP contribution in [0, 0.1) is 0 Å². The Bertz CT molecular complexity index is 1490. The first-order chi connectivity index (χ1) is 16.5. The number of hydrogen-bond donors (Lipinski definition) is 1. The molecule has 35 heavy (non-hydrogen) atoms. The fourth-order valence-electron chi connectivity index (χ4n) is 3.62. The van der Waals surface area contributed by atoms with Crippen LogP contribution in [0.5, 0.6) is 0 Å². The molecule has 4 rings (SSSR count). The van der Waals surface area contributed by atoms with Gasteiger partial charge in [-0.05, 0) is 53.1 Å². The average Bonchev–Trinajstić information content (AvgIpc) is 3.11. The number of amides is 2. The predicted molar refractivity (Wildman–Crippen MR) is 139 cm³/mol. The third kappa shape index (κ3) is 5.66. The van der Waals surface area contributed by atoms with Gasteiger partial charge in [0.05, 0.1) is 33.6 Å². The SMILES string of the molecule is O=C(/C=C/c1cccc2c1N(Cc1ccc(Cl)cc1Cl)C(=O)C2)NS(=O)(=O)c1ccc(Cl)c(Cl)c1. The Morgan fingerprint density at radius 1 is 0.971 bits per heavy atom. The van der Waals surface area contributed by atoms with E-state index >= 15 is 0 Å². The van der Waals surface area contributed by atoms with E-state index in [-0.39, 0.29) is 33.8 Å². The zero-order valence-electron chi connectivity index (χ0n) is 17.8. The quantitative estimate of drug-likeness (QED) is 0.374. The summed E-state index contributed by atoms with van der Waals surface area (Å²) >= 11 is 24.0. The second-order valence-electron chi connectivity index (χ2n) is 7.63. The Hall–Kier alpha value is -2.55. The second-order valence-corrected chi connectivity index (χ2v) is 11.0. The first-order valence-corrected chi connectivity index (χ1v) is 13.1. The van der Waals surface area contributed by atoms with Gasteiger partial charge in [-0.15, -0.1) is 0 Å². The fourth-order valence-corrected chi connectivity index (χ4v) is 5.42. The Labute approximate surface area is 222 Å². The number of nitrogens with one attached hydrogen (secondary N) is 1. The monoisotopic (exact) mass is 568 g/mol. The van der Waals surface area contributed by atoms with Crippen LogP contribution in [-0.4, -0.2) is 20.2 Å². The molecule has 1 heterocycles. The van der Waals surface area contributed by atoms with Gasteiger partial charge in [-0.2, -0.15) is 0 Å². The van der Waals surface area contributed by atoms with Crippen LogP contribution in [0.15, 0.2) is 65.6 Å². The number of carbonyl (C=O) groups excluding carboxylic acids is 2. The van der Waals surface area contributed by atoms with Gasteiger partial charge in [0.25, 0.3) is 15.9 Å². The summed E-state index contributed by atoms with van der Waals surface area (Å²) in [5, 5.41) is 1.15. The van der Waals surface area contributed by atoms with Crippen LogP contribution in [-0.2, 0) is 32.6 Å². The number of hydrogen-bond acceptors (Lipinski definition) is 4. The van der Waals surface area contributed by atoms with Gasteiger partial charge in [0.1, 0.15) is 0 Å². The molecule has 0 radical (unpaired) electrons. The smallest absolute Gasteiger partial charge is 0.264 e. The number of fused-ring (bicyclic) bond motifs is 1. The highest BCUT2D eigenvalue weighted by atomic mass is 35.5. The van der Waals surface area contributed by atoms with E-state index < -0.39 is 15.9 Å². The zero-order chi connectivity index (χ0) is 25.3. The van der Waals surface area contributed by atoms with Crippen molar-refractivity contribution in [3.8, 4) is 0 Å². The largest absolute Gasteiger partial charge is 0.307 e. The molecule has 1 N–H and O–H groups in total. The lowest BCUT2D eigenvalue weighted by molar-refractivity contribution is -0.117. The molecule has 0 aliphatic carbocycles. The molecule has 0 unspecified atom stereocenters. The maximum absolute atomic E-state index is 12.8. The number of rotatable bonds is 6. The van der Waals surface area contributed by atoms with E-state index in [4.69, 9.17) is 46.4 Å². The fraction of sp³-hybridized carbons (Fsp3) is 0.0833. The van der Waals surface area contributed by atoms with Crippen LogP contribution in [0.3, 0.4) is 0 Å². The Morgan fingerprint density at radius 3 is 2.46 bits per heavy atom. The molecule has 0 fully saturated rings. The maximum atomic E-state index is 12.8. The highest BCUT2D eigenvalue weighted by Crippen LogP contribution is 2.36. The van der Waals surface area contributed by atoms with E-state index in [1.165, 1.54) is 18.2 Å². The van der Waals surface area contributed by atoms with Gasteiger partial charge in [-0.25, -0.2) is 13.1 Å². The standard InChI is InChI=1S/C24H16Cl4N2O4S/c25-17-6-4-16(20(27)11-17)13-30-23(32)10-15-3-1-2-14(24(15)30)5-9-22(31)29-35(33,34)18-7-8-19(26)21(28)12-18/h1-9,11-12H,10,13H2,(H,29,31)/b9-5+. The van der Waals surface area contributed by atoms with Crippen molar-refractivity contribution in [2.75, 3.05) is 4.90 Å². The molecule has 0 aromatic heterocycles. The summed E-state index contributed by atoms with van der Waals surface area (Å²) < 4.78 is 27.0. The van der Waals surface area contributed by atoms with Crippen molar-refractivity contribution in [2.45, 2.75) is 17.9 Å². The first kappa shape index (κ1) is 25.5. The van der Waals surface area contributed by atoms with E-state index in [9.17, 15) is 18.0 Å². The molecule has 3 aromatic carbocycles. The number of nitrogens with zero attached hydrogens (tertiary/aromatic N) is 1. The van der Waals surface area contributed by atoms with Crippen LogP contribution in [0.2, 0.25) is 20.1 Å². The van der Waals surface area contributed by atoms with Gasteiger partial charge in [0, 0.05) is 16.1 Å². The minimum atomic E-state index is -4.17. The van der Waals surface area contributed by atoms with Crippen LogP contribution < -0.4 is 9.62 Å². The van der Waals surface area contributed by atoms with Gasteiger partial charge in [0.15, 0.2) is 0 Å². The van der Waals surface area contributed by atoms with E-state index in [0.717, 1.165) is 17.7 Å². The second kappa shape index (κ2) is 10.2. The van der Waals surface area contributed by atoms with Crippen molar-refractivity contribution in [2.24, 2.45) is 0 Å². The molecule has 1 aliphatic rings. The average molecular weight is 570 g/mol. The molecule has 11 heteroatoms. The normalized spacial score (nSPS) is 13.4. The van der Waals surface area contributed by atoms with Crippen LogP contribution in [0.4, 0.5) is 5.69 Å². The number of sulfonamides is 1. The summed E-state index contributed by atoms with van der Waals surface area (Å²) in [5.41, 5.74) is 2.69. The Balaban J connectivity index is 1.57. The molecule has 180 valence electrons. The topological polar surface area (TPSA) is 83.6 Å². The number of anilines is 1. The summed E-state index contributed by atoms with van der Waals surface area (Å²) in [6, 6.07) is 14.1. The Kier molecular flexibility index (Phi) is 7.45. The van der Waals surface area contributed by atoms with E-state index in [1.807, 2.05) is 10.8 Å². The molecule has 1 aliphatic heterocycles. The minimum Gasteiger partial charge on any atom is -0.307 e. The van der Waals surface area contributed by atoms with E-state index in [1.54, 1.807) is 35.2 Å². The van der Waals surface area contributed by atoms with Crippen molar-refractivity contribution in [3.05, 3.63) is 97.5 Å². The molecule has 0 spiro atoms. The number of carbonyl (C=O) groups is 2. The first-order valence-electron chi connectivity index (χ1n) is 10.1. The molecular formula is C24H16Cl4N2O4S. The van der Waals surface area contributed by atoms with Crippen molar-refractivity contribution in [1.29, 1.82) is 0 Å². The van der Waals surface area contributed by atoms with Crippen LogP contribution in [0.1, 0.15) is 16.7 Å². The number of benzene rings is 3. The van der Waals surface area contributed by atoms with E-state index in [2.05, 4.69) is 0 Å². The maximum Gasteiger partial charge on any atom is 0.264 e. The molecule has 0 saturated heterocycles. The van der Waals surface area contributed by atoms with Crippen LogP contribution in [0.25, 0.3) is 6.08 Å². The molecule has 2 amide bonds. The summed E-state index contributed by atoms with van der Waals surface area (Å²) in [7, 11) is -4.17. The molecule has 0 saturated carbocycles. The van der Waals surface area contributed by atoms with Crippen LogP contribution >= 0.6 is 46.4 Å². The van der Waals surface area contributed by atoms with E-state index in [0.29, 0.717) is 26.9 Å². The summed E-state index contributed by atoms with van der Waals surface area (Å²) in [5.74, 6) is -0.996. The van der Waals surface area contributed by atoms with Crippen molar-refractivity contribution >= 4 is 80.0 Å². The summed E-state index contributed by atoms with van der Waals surface area (Å²) in [6.45, 7) is 0.213. The predicted octanol–water partition coefficient (Wildman–Crippen LogP) is 5.91. The highest BCUT2D eigenvalue weighted by Gasteiger charge is 2.29. The Morgan fingerprint density at radius 2 is 1.74 bits per heavy atom. The highest BCUT2D eigenvalue weighted by molar-refractivity contribution is 7.90. The van der Waals surface area contributed by atoms with Crippen molar-refractivity contribution in [3.63, 3.8) is 0 Å². The van der Waals surface area contributed by atoms with Gasteiger partial charge < -0.3 is 4.90 Å². The lowest BCUT2D eigenvalue weighted by Crippen LogP contribution is -2.29. The van der Waals surface area contributed by atoms with Crippen molar-refractivity contribution in [1.82, 2.24) is 4.72 Å². The van der Waals surface area contributed by atoms with Gasteiger partial charge in [0.2, 0.25) is 5.91 Å². The minimum absolute atomic E-state index is 0.0444. The van der Waals surface area contributed by atoms with Gasteiger partial charge in [-0.1, -0.05) is 70.7 Å². The number of halogens is 4. The lowest BCUT2D eigenvalue weighted by atomic mass is 10.1. The molecule has 0 atom stereocenters. The molecular weight excluding hydrogens is 554 g/mol. The van der Waals surface area contributed by atoms with Gasteiger partial charge in [-0.3, -0.25) is 9.59 Å². The molecule has 0 bridgehead atoms. The molecule has 6 nitrogen and oxygen atoms in total. The lowest BCUT2D eigenvalue weighted by Gasteiger charge is -2.20. The third-order valence-electron chi connectivity index (χ3n) is 5.26. The number of para-hydroxylation sites is 1. The molecule has 3 aromatic rings.